The van der Waals surface area contributed by atoms with Crippen molar-refractivity contribution in [2.24, 2.45) is 5.73 Å². The van der Waals surface area contributed by atoms with Crippen LogP contribution in [-0.2, 0) is 19.1 Å². The zero-order valence-electron chi connectivity index (χ0n) is 16.1. The highest BCUT2D eigenvalue weighted by atomic mass is 19.4. The van der Waals surface area contributed by atoms with E-state index < -0.39 is 48.8 Å². The first kappa shape index (κ1) is 24.3. The topological polar surface area (TPSA) is 114 Å². The van der Waals surface area contributed by atoms with E-state index >= 15 is 0 Å². The lowest BCUT2D eigenvalue weighted by atomic mass is 10.2. The number of primary amides is 1. The standard InChI is InChI=1S/C17H19F5N4O5/c1-25(8-17(20,21)22)13(14(23)28)15(29)24-9-2-3-10(11(6-9)31-16(18)19)26-4-5-30-7-12(26)27/h2-3,6,13,16H,4-5,7-8H2,1H3,(H2,23,28)(H,24,29)/t13-/m1/s1. The Morgan fingerprint density at radius 3 is 2.58 bits per heavy atom. The summed E-state index contributed by atoms with van der Waals surface area (Å²) in [6.45, 7) is -4.90. The van der Waals surface area contributed by atoms with E-state index in [0.717, 1.165) is 18.0 Å². The quantitative estimate of drug-likeness (QED) is 0.447. The number of nitrogens with zero attached hydrogens (tertiary/aromatic N) is 2. The van der Waals surface area contributed by atoms with Gasteiger partial charge in [0, 0.05) is 18.3 Å². The van der Waals surface area contributed by atoms with E-state index in [4.69, 9.17) is 10.5 Å². The second-order valence-electron chi connectivity index (χ2n) is 6.48. The summed E-state index contributed by atoms with van der Waals surface area (Å²) in [6, 6.07) is 1.37. The van der Waals surface area contributed by atoms with Gasteiger partial charge in [-0.05, 0) is 19.2 Å². The molecule has 0 spiro atoms. The molecule has 31 heavy (non-hydrogen) atoms. The van der Waals surface area contributed by atoms with Crippen molar-refractivity contribution in [2.45, 2.75) is 18.8 Å². The molecule has 1 aromatic carbocycles. The van der Waals surface area contributed by atoms with Crippen molar-refractivity contribution >= 4 is 29.1 Å². The molecule has 0 saturated carbocycles. The number of alkyl halides is 5. The Morgan fingerprint density at radius 1 is 1.35 bits per heavy atom. The Labute approximate surface area is 172 Å². The van der Waals surface area contributed by atoms with Gasteiger partial charge in [-0.15, -0.1) is 0 Å². The molecule has 2 rings (SSSR count). The summed E-state index contributed by atoms with van der Waals surface area (Å²) < 4.78 is 72.9. The largest absolute Gasteiger partial charge is 0.433 e. The van der Waals surface area contributed by atoms with Crippen LogP contribution in [0.5, 0.6) is 5.75 Å². The van der Waals surface area contributed by atoms with Gasteiger partial charge in [0.1, 0.15) is 6.61 Å². The molecule has 14 heteroatoms. The van der Waals surface area contributed by atoms with Crippen LogP contribution in [0, 0.1) is 0 Å². The van der Waals surface area contributed by atoms with E-state index in [-0.39, 0.29) is 31.1 Å². The third-order valence-electron chi connectivity index (χ3n) is 4.11. The molecule has 0 unspecified atom stereocenters. The molecule has 1 fully saturated rings. The fraction of sp³-hybridized carbons (Fsp3) is 0.471. The third-order valence-corrected chi connectivity index (χ3v) is 4.11. The molecular formula is C17H19F5N4O5. The molecule has 1 atom stereocenters. The Hall–Kier alpha value is -3.00. The SMILES string of the molecule is CN(CC(F)(F)F)[C@H](C(N)=O)C(=O)Nc1ccc(N2CCOCC2=O)c(OC(F)F)c1. The fourth-order valence-electron chi connectivity index (χ4n) is 2.91. The van der Waals surface area contributed by atoms with Gasteiger partial charge in [0.25, 0.3) is 11.8 Å². The number of ether oxygens (including phenoxy) is 2. The zero-order valence-corrected chi connectivity index (χ0v) is 16.1. The molecule has 0 aliphatic carbocycles. The number of likely N-dealkylation sites (N-methyl/N-ethyl adjacent to an activating group) is 1. The van der Waals surface area contributed by atoms with Crippen LogP contribution in [0.15, 0.2) is 18.2 Å². The van der Waals surface area contributed by atoms with Crippen LogP contribution in [0.25, 0.3) is 0 Å². The van der Waals surface area contributed by atoms with Gasteiger partial charge in [0.2, 0.25) is 5.91 Å². The monoisotopic (exact) mass is 454 g/mol. The summed E-state index contributed by atoms with van der Waals surface area (Å²) in [4.78, 5) is 37.4. The average molecular weight is 454 g/mol. The van der Waals surface area contributed by atoms with Crippen LogP contribution in [0.2, 0.25) is 0 Å². The number of hydrogen-bond donors (Lipinski definition) is 2. The van der Waals surface area contributed by atoms with Crippen LogP contribution < -0.4 is 20.7 Å². The number of benzene rings is 1. The number of hydrogen-bond acceptors (Lipinski definition) is 6. The summed E-state index contributed by atoms with van der Waals surface area (Å²) in [6.07, 6.45) is -4.70. The first-order chi connectivity index (χ1) is 14.4. The van der Waals surface area contributed by atoms with Crippen molar-refractivity contribution in [3.05, 3.63) is 18.2 Å². The fourth-order valence-corrected chi connectivity index (χ4v) is 2.91. The van der Waals surface area contributed by atoms with Gasteiger partial charge in [-0.1, -0.05) is 0 Å². The lowest BCUT2D eigenvalue weighted by molar-refractivity contribution is -0.154. The number of anilines is 2. The number of nitrogens with two attached hydrogens (primary N) is 1. The molecule has 0 radical (unpaired) electrons. The number of carbonyl (C=O) groups excluding carboxylic acids is 3. The van der Waals surface area contributed by atoms with E-state index in [9.17, 15) is 36.3 Å². The van der Waals surface area contributed by atoms with E-state index in [0.29, 0.717) is 4.90 Å². The minimum Gasteiger partial charge on any atom is -0.433 e. The zero-order chi connectivity index (χ0) is 23.3. The maximum absolute atomic E-state index is 12.8. The van der Waals surface area contributed by atoms with E-state index in [1.165, 1.54) is 12.1 Å². The normalized spacial score (nSPS) is 15.9. The van der Waals surface area contributed by atoms with Crippen LogP contribution in [0.4, 0.5) is 33.3 Å². The molecule has 0 aromatic heterocycles. The number of carbonyl (C=O) groups is 3. The Balaban J connectivity index is 2.27. The van der Waals surface area contributed by atoms with Crippen LogP contribution in [0.3, 0.4) is 0 Å². The van der Waals surface area contributed by atoms with Gasteiger partial charge in [-0.3, -0.25) is 19.3 Å². The summed E-state index contributed by atoms with van der Waals surface area (Å²) in [5.41, 5.74) is 4.86. The molecule has 1 aliphatic heterocycles. The Morgan fingerprint density at radius 2 is 2.03 bits per heavy atom. The molecule has 1 heterocycles. The molecule has 172 valence electrons. The van der Waals surface area contributed by atoms with E-state index in [2.05, 4.69) is 10.1 Å². The van der Waals surface area contributed by atoms with Gasteiger partial charge in [-0.25, -0.2) is 0 Å². The highest BCUT2D eigenvalue weighted by molar-refractivity contribution is 6.09. The third kappa shape index (κ3) is 6.75. The lowest BCUT2D eigenvalue weighted by Gasteiger charge is -2.29. The van der Waals surface area contributed by atoms with Gasteiger partial charge in [0.05, 0.1) is 18.8 Å². The van der Waals surface area contributed by atoms with Gasteiger partial charge in [-0.2, -0.15) is 22.0 Å². The number of rotatable bonds is 8. The first-order valence-corrected chi connectivity index (χ1v) is 8.73. The number of amides is 3. The molecule has 0 bridgehead atoms. The first-order valence-electron chi connectivity index (χ1n) is 8.73. The minimum atomic E-state index is -4.70. The molecule has 1 aliphatic rings. The molecule has 9 nitrogen and oxygen atoms in total. The van der Waals surface area contributed by atoms with Crippen molar-refractivity contribution in [2.75, 3.05) is 43.6 Å². The maximum atomic E-state index is 12.8. The Kier molecular flexibility index (Phi) is 7.73. The summed E-state index contributed by atoms with van der Waals surface area (Å²) in [5.74, 6) is -3.53. The molecule has 3 amide bonds. The van der Waals surface area contributed by atoms with E-state index in [1.54, 1.807) is 0 Å². The van der Waals surface area contributed by atoms with Crippen molar-refractivity contribution in [3.8, 4) is 5.75 Å². The molecule has 1 saturated heterocycles. The molecular weight excluding hydrogens is 435 g/mol. The van der Waals surface area contributed by atoms with Crippen LogP contribution >= 0.6 is 0 Å². The highest BCUT2D eigenvalue weighted by Gasteiger charge is 2.37. The van der Waals surface area contributed by atoms with Gasteiger partial charge in [0.15, 0.2) is 11.8 Å². The van der Waals surface area contributed by atoms with Crippen LogP contribution in [0.1, 0.15) is 0 Å². The predicted octanol–water partition coefficient (Wildman–Crippen LogP) is 0.938. The van der Waals surface area contributed by atoms with Crippen molar-refractivity contribution in [1.82, 2.24) is 4.90 Å². The number of nitrogens with one attached hydrogen (secondary N) is 1. The lowest BCUT2D eigenvalue weighted by Crippen LogP contribution is -2.52. The van der Waals surface area contributed by atoms with Crippen molar-refractivity contribution in [3.63, 3.8) is 0 Å². The second-order valence-corrected chi connectivity index (χ2v) is 6.48. The number of morpholine rings is 1. The Bertz CT molecular complexity index is 836. The summed E-state index contributed by atoms with van der Waals surface area (Å²) in [5, 5.41) is 2.14. The number of halogens is 5. The molecule has 3 N–H and O–H groups in total. The minimum absolute atomic E-state index is 0.0211. The molecule has 1 aromatic rings. The summed E-state index contributed by atoms with van der Waals surface area (Å²) >= 11 is 0. The van der Waals surface area contributed by atoms with Gasteiger partial charge >= 0.3 is 12.8 Å². The average Bonchev–Trinajstić information content (AvgIpc) is 2.60. The van der Waals surface area contributed by atoms with E-state index in [1.807, 2.05) is 0 Å². The van der Waals surface area contributed by atoms with Crippen molar-refractivity contribution < 1.29 is 45.8 Å². The van der Waals surface area contributed by atoms with Gasteiger partial charge < -0.3 is 25.4 Å². The highest BCUT2D eigenvalue weighted by Crippen LogP contribution is 2.33. The predicted molar refractivity (Wildman–Crippen MR) is 96.5 cm³/mol. The summed E-state index contributed by atoms with van der Waals surface area (Å²) in [7, 11) is 0.876. The maximum Gasteiger partial charge on any atom is 0.401 e. The van der Waals surface area contributed by atoms with Crippen LogP contribution in [-0.4, -0.2) is 74.8 Å². The smallest absolute Gasteiger partial charge is 0.401 e. The second kappa shape index (κ2) is 9.87. The van der Waals surface area contributed by atoms with Crippen molar-refractivity contribution in [1.29, 1.82) is 0 Å².